The number of aromatic hydroxyl groups is 1. The zero-order valence-corrected chi connectivity index (χ0v) is 13.9. The van der Waals surface area contributed by atoms with Gasteiger partial charge in [-0.25, -0.2) is 0 Å². The quantitative estimate of drug-likeness (QED) is 0.606. The van der Waals surface area contributed by atoms with E-state index in [0.29, 0.717) is 0 Å². The van der Waals surface area contributed by atoms with Crippen molar-refractivity contribution in [3.63, 3.8) is 0 Å². The van der Waals surface area contributed by atoms with Crippen LogP contribution < -0.4 is 5.43 Å². The zero-order valence-electron chi connectivity index (χ0n) is 13.9. The molecule has 26 heavy (non-hydrogen) atoms. The Hall–Kier alpha value is -3.66. The SMILES string of the molecule is O=c1ccn(-c2cccc(-c3ccc(-c4ccccn4)cc3)c2)cc1O. The molecule has 0 fully saturated rings. The van der Waals surface area contributed by atoms with Crippen LogP contribution in [0, 0.1) is 0 Å². The van der Waals surface area contributed by atoms with E-state index in [1.807, 2.05) is 42.5 Å². The molecule has 0 aliphatic heterocycles. The summed E-state index contributed by atoms with van der Waals surface area (Å²) in [4.78, 5) is 15.7. The molecule has 4 nitrogen and oxygen atoms in total. The summed E-state index contributed by atoms with van der Waals surface area (Å²) < 4.78 is 1.72. The lowest BCUT2D eigenvalue weighted by atomic mass is 10.0. The minimum absolute atomic E-state index is 0.266. The summed E-state index contributed by atoms with van der Waals surface area (Å²) in [6, 6.07) is 23.4. The molecular formula is C22H16N2O2. The van der Waals surface area contributed by atoms with E-state index in [1.54, 1.807) is 17.0 Å². The highest BCUT2D eigenvalue weighted by atomic mass is 16.3. The van der Waals surface area contributed by atoms with E-state index in [1.165, 1.54) is 12.3 Å². The van der Waals surface area contributed by atoms with Crippen molar-refractivity contribution in [1.82, 2.24) is 9.55 Å². The van der Waals surface area contributed by atoms with Gasteiger partial charge in [0.25, 0.3) is 0 Å². The third-order valence-corrected chi connectivity index (χ3v) is 4.22. The first kappa shape index (κ1) is 15.8. The number of pyridine rings is 2. The molecule has 2 heterocycles. The highest BCUT2D eigenvalue weighted by molar-refractivity contribution is 5.70. The van der Waals surface area contributed by atoms with Crippen molar-refractivity contribution in [2.24, 2.45) is 0 Å². The van der Waals surface area contributed by atoms with Crippen molar-refractivity contribution in [1.29, 1.82) is 0 Å². The first-order valence-electron chi connectivity index (χ1n) is 8.24. The van der Waals surface area contributed by atoms with Crippen molar-refractivity contribution >= 4 is 0 Å². The first-order chi connectivity index (χ1) is 12.7. The second-order valence-electron chi connectivity index (χ2n) is 5.94. The molecule has 0 atom stereocenters. The van der Waals surface area contributed by atoms with Gasteiger partial charge in [-0.05, 0) is 35.4 Å². The third-order valence-electron chi connectivity index (χ3n) is 4.22. The molecule has 1 N–H and O–H groups in total. The Bertz CT molecular complexity index is 1100. The van der Waals surface area contributed by atoms with Gasteiger partial charge >= 0.3 is 0 Å². The number of hydrogen-bond donors (Lipinski definition) is 1. The minimum atomic E-state index is -0.387. The molecule has 2 aromatic heterocycles. The Morgan fingerprint density at radius 3 is 2.35 bits per heavy atom. The Kier molecular flexibility index (Phi) is 4.07. The molecule has 0 aliphatic carbocycles. The summed E-state index contributed by atoms with van der Waals surface area (Å²) in [7, 11) is 0. The van der Waals surface area contributed by atoms with Crippen LogP contribution in [-0.4, -0.2) is 14.7 Å². The van der Waals surface area contributed by atoms with E-state index in [4.69, 9.17) is 0 Å². The van der Waals surface area contributed by atoms with Crippen LogP contribution in [-0.2, 0) is 0 Å². The predicted octanol–water partition coefficient (Wildman–Crippen LogP) is 4.27. The van der Waals surface area contributed by atoms with Gasteiger partial charge in [0.1, 0.15) is 0 Å². The Balaban J connectivity index is 1.68. The molecule has 0 radical (unpaired) electrons. The highest BCUT2D eigenvalue weighted by Gasteiger charge is 2.04. The molecule has 0 bridgehead atoms. The number of hydrogen-bond acceptors (Lipinski definition) is 3. The second kappa shape index (κ2) is 6.69. The number of benzene rings is 2. The first-order valence-corrected chi connectivity index (χ1v) is 8.24. The molecule has 4 heteroatoms. The van der Waals surface area contributed by atoms with E-state index in [-0.39, 0.29) is 11.2 Å². The minimum Gasteiger partial charge on any atom is -0.503 e. The van der Waals surface area contributed by atoms with E-state index in [0.717, 1.165) is 28.1 Å². The third kappa shape index (κ3) is 3.13. The second-order valence-corrected chi connectivity index (χ2v) is 5.94. The van der Waals surface area contributed by atoms with Crippen molar-refractivity contribution in [3.8, 4) is 33.8 Å². The lowest BCUT2D eigenvalue weighted by Crippen LogP contribution is -2.03. The largest absolute Gasteiger partial charge is 0.503 e. The fourth-order valence-corrected chi connectivity index (χ4v) is 2.85. The van der Waals surface area contributed by atoms with E-state index < -0.39 is 0 Å². The van der Waals surface area contributed by atoms with E-state index in [9.17, 15) is 9.90 Å². The number of rotatable bonds is 3. The Morgan fingerprint density at radius 1 is 0.808 bits per heavy atom. The average molecular weight is 340 g/mol. The Morgan fingerprint density at radius 2 is 1.62 bits per heavy atom. The average Bonchev–Trinajstić information content (AvgIpc) is 2.71. The monoisotopic (exact) mass is 340 g/mol. The smallest absolute Gasteiger partial charge is 0.223 e. The van der Waals surface area contributed by atoms with Gasteiger partial charge in [0.15, 0.2) is 5.75 Å². The van der Waals surface area contributed by atoms with Crippen molar-refractivity contribution in [2.45, 2.75) is 0 Å². The fourth-order valence-electron chi connectivity index (χ4n) is 2.85. The van der Waals surface area contributed by atoms with Crippen LogP contribution in [0.25, 0.3) is 28.1 Å². The molecule has 4 rings (SSSR count). The van der Waals surface area contributed by atoms with Crippen LogP contribution in [0.3, 0.4) is 0 Å². The van der Waals surface area contributed by atoms with Crippen LogP contribution in [0.4, 0.5) is 0 Å². The van der Waals surface area contributed by atoms with Crippen LogP contribution in [0.5, 0.6) is 5.75 Å². The molecule has 0 saturated carbocycles. The molecule has 0 aliphatic rings. The maximum atomic E-state index is 11.4. The standard InChI is InChI=1S/C22H16N2O2/c25-21-11-13-24(15-22(21)26)19-5-3-4-18(14-19)16-7-9-17(10-8-16)20-6-1-2-12-23-20/h1-15,26H. The van der Waals surface area contributed by atoms with E-state index in [2.05, 4.69) is 29.2 Å². The number of nitrogens with zero attached hydrogens (tertiary/aromatic N) is 2. The van der Waals surface area contributed by atoms with E-state index >= 15 is 0 Å². The van der Waals surface area contributed by atoms with Gasteiger partial charge in [-0.15, -0.1) is 0 Å². The molecule has 4 aromatic rings. The highest BCUT2D eigenvalue weighted by Crippen LogP contribution is 2.25. The fraction of sp³-hybridized carbons (Fsp3) is 0. The Labute approximate surface area is 150 Å². The summed E-state index contributed by atoms with van der Waals surface area (Å²) in [6.45, 7) is 0. The summed E-state index contributed by atoms with van der Waals surface area (Å²) in [5.74, 6) is -0.266. The zero-order chi connectivity index (χ0) is 17.9. The van der Waals surface area contributed by atoms with Crippen LogP contribution in [0.15, 0.2) is 96.2 Å². The van der Waals surface area contributed by atoms with Gasteiger partial charge in [-0.1, -0.05) is 42.5 Å². The summed E-state index contributed by atoms with van der Waals surface area (Å²) in [5.41, 5.74) is 4.62. The molecule has 0 saturated heterocycles. The summed E-state index contributed by atoms with van der Waals surface area (Å²) in [5, 5.41) is 9.65. The van der Waals surface area contributed by atoms with Crippen LogP contribution >= 0.6 is 0 Å². The molecular weight excluding hydrogens is 324 g/mol. The predicted molar refractivity (Wildman–Crippen MR) is 102 cm³/mol. The van der Waals surface area contributed by atoms with Crippen molar-refractivity contribution < 1.29 is 5.11 Å². The van der Waals surface area contributed by atoms with Gasteiger partial charge < -0.3 is 9.67 Å². The van der Waals surface area contributed by atoms with Gasteiger partial charge in [-0.2, -0.15) is 0 Å². The normalized spacial score (nSPS) is 10.6. The number of aromatic nitrogens is 2. The maximum absolute atomic E-state index is 11.4. The molecule has 0 unspecified atom stereocenters. The van der Waals surface area contributed by atoms with Crippen molar-refractivity contribution in [3.05, 3.63) is 102 Å². The van der Waals surface area contributed by atoms with Gasteiger partial charge in [0.2, 0.25) is 5.43 Å². The molecule has 126 valence electrons. The van der Waals surface area contributed by atoms with Crippen LogP contribution in [0.1, 0.15) is 0 Å². The van der Waals surface area contributed by atoms with Gasteiger partial charge in [0, 0.05) is 29.7 Å². The lowest BCUT2D eigenvalue weighted by molar-refractivity contribution is 0.465. The topological polar surface area (TPSA) is 55.1 Å². The van der Waals surface area contributed by atoms with Crippen LogP contribution in [0.2, 0.25) is 0 Å². The maximum Gasteiger partial charge on any atom is 0.223 e. The van der Waals surface area contributed by atoms with Crippen molar-refractivity contribution in [2.75, 3.05) is 0 Å². The summed E-state index contributed by atoms with van der Waals surface area (Å²) in [6.07, 6.45) is 4.85. The summed E-state index contributed by atoms with van der Waals surface area (Å²) >= 11 is 0. The molecule has 0 amide bonds. The molecule has 2 aromatic carbocycles. The van der Waals surface area contributed by atoms with Gasteiger partial charge in [0.05, 0.1) is 11.9 Å². The molecule has 0 spiro atoms. The lowest BCUT2D eigenvalue weighted by Gasteiger charge is -2.10. The van der Waals surface area contributed by atoms with Gasteiger partial charge in [-0.3, -0.25) is 9.78 Å².